The Morgan fingerprint density at radius 1 is 1.56 bits per heavy atom. The molecular weight excluding hydrogens is 343 g/mol. The van der Waals surface area contributed by atoms with Gasteiger partial charge in [-0.3, -0.25) is 9.69 Å². The molecule has 98 valence electrons. The number of hydrogen-bond acceptors (Lipinski definition) is 3. The fourth-order valence-corrected chi connectivity index (χ4v) is 2.72. The summed E-state index contributed by atoms with van der Waals surface area (Å²) >= 11 is 2.22. The molecule has 1 atom stereocenters. The monoisotopic (exact) mass is 360 g/mol. The zero-order valence-corrected chi connectivity index (χ0v) is 12.3. The van der Waals surface area contributed by atoms with Crippen molar-refractivity contribution in [3.05, 3.63) is 27.8 Å². The second-order valence-corrected chi connectivity index (χ2v) is 5.88. The van der Waals surface area contributed by atoms with Crippen LogP contribution in [0.15, 0.2) is 24.3 Å². The molecule has 2 N–H and O–H groups in total. The molecular formula is C13H17IN2O2. The van der Waals surface area contributed by atoms with Crippen molar-refractivity contribution in [1.82, 2.24) is 4.90 Å². The Labute approximate surface area is 121 Å². The van der Waals surface area contributed by atoms with Crippen molar-refractivity contribution >= 4 is 34.2 Å². The van der Waals surface area contributed by atoms with E-state index in [9.17, 15) is 4.79 Å². The Morgan fingerprint density at radius 3 is 3.06 bits per heavy atom. The van der Waals surface area contributed by atoms with E-state index in [4.69, 9.17) is 5.11 Å². The standard InChI is InChI=1S/C13H17IN2O2/c14-11-2-1-3-12(6-11)15-13(18)8-16-5-4-10(7-16)9-17/h1-3,6,10,17H,4-5,7-9H2,(H,15,18). The van der Waals surface area contributed by atoms with E-state index in [-0.39, 0.29) is 12.5 Å². The zero-order valence-electron chi connectivity index (χ0n) is 10.1. The van der Waals surface area contributed by atoms with Crippen LogP contribution >= 0.6 is 22.6 Å². The molecule has 1 heterocycles. The Balaban J connectivity index is 1.82. The number of likely N-dealkylation sites (tertiary alicyclic amines) is 1. The molecule has 0 spiro atoms. The van der Waals surface area contributed by atoms with Gasteiger partial charge in [0.25, 0.3) is 0 Å². The third-order valence-electron chi connectivity index (χ3n) is 3.10. The number of nitrogens with one attached hydrogen (secondary N) is 1. The first-order chi connectivity index (χ1) is 8.67. The van der Waals surface area contributed by atoms with Crippen molar-refractivity contribution in [3.8, 4) is 0 Å². The van der Waals surface area contributed by atoms with Crippen LogP contribution in [0.1, 0.15) is 6.42 Å². The highest BCUT2D eigenvalue weighted by Gasteiger charge is 2.23. The number of rotatable bonds is 4. The van der Waals surface area contributed by atoms with Gasteiger partial charge in [-0.1, -0.05) is 6.07 Å². The van der Waals surface area contributed by atoms with E-state index in [0.717, 1.165) is 28.8 Å². The first-order valence-electron chi connectivity index (χ1n) is 6.06. The van der Waals surface area contributed by atoms with E-state index in [0.29, 0.717) is 12.5 Å². The third-order valence-corrected chi connectivity index (χ3v) is 3.77. The summed E-state index contributed by atoms with van der Waals surface area (Å²) in [5.41, 5.74) is 0.838. The summed E-state index contributed by atoms with van der Waals surface area (Å²) in [6.45, 7) is 2.33. The molecule has 0 saturated carbocycles. The zero-order chi connectivity index (χ0) is 13.0. The molecule has 2 rings (SSSR count). The Kier molecular flexibility index (Phi) is 4.96. The highest BCUT2D eigenvalue weighted by atomic mass is 127. The van der Waals surface area contributed by atoms with Crippen LogP contribution in [-0.2, 0) is 4.79 Å². The summed E-state index contributed by atoms with van der Waals surface area (Å²) in [5, 5.41) is 12.0. The van der Waals surface area contributed by atoms with Gasteiger partial charge in [0.05, 0.1) is 6.54 Å². The molecule has 0 bridgehead atoms. The molecule has 1 aromatic rings. The molecule has 1 aromatic carbocycles. The molecule has 1 aliphatic heterocycles. The van der Waals surface area contributed by atoms with Crippen LogP contribution in [0, 0.1) is 9.49 Å². The van der Waals surface area contributed by atoms with Gasteiger partial charge in [0.15, 0.2) is 0 Å². The Morgan fingerprint density at radius 2 is 2.39 bits per heavy atom. The number of carbonyl (C=O) groups excluding carboxylic acids is 1. The van der Waals surface area contributed by atoms with Crippen LogP contribution in [0.3, 0.4) is 0 Å². The fraction of sp³-hybridized carbons (Fsp3) is 0.462. The summed E-state index contributed by atoms with van der Waals surface area (Å²) in [6.07, 6.45) is 0.979. The number of anilines is 1. The number of aliphatic hydroxyl groups is 1. The molecule has 18 heavy (non-hydrogen) atoms. The van der Waals surface area contributed by atoms with E-state index < -0.39 is 0 Å². The van der Waals surface area contributed by atoms with E-state index in [2.05, 4.69) is 32.8 Å². The Hall–Kier alpha value is -0.660. The minimum atomic E-state index is 0.00981. The molecule has 4 nitrogen and oxygen atoms in total. The molecule has 5 heteroatoms. The van der Waals surface area contributed by atoms with E-state index in [1.54, 1.807) is 0 Å². The largest absolute Gasteiger partial charge is 0.396 e. The number of nitrogens with zero attached hydrogens (tertiary/aromatic N) is 1. The first kappa shape index (κ1) is 13.8. The fourth-order valence-electron chi connectivity index (χ4n) is 2.18. The van der Waals surface area contributed by atoms with Gasteiger partial charge in [-0.2, -0.15) is 0 Å². The van der Waals surface area contributed by atoms with Crippen LogP contribution in [0.25, 0.3) is 0 Å². The number of halogens is 1. The first-order valence-corrected chi connectivity index (χ1v) is 7.14. The van der Waals surface area contributed by atoms with Gasteiger partial charge >= 0.3 is 0 Å². The SMILES string of the molecule is O=C(CN1CCC(CO)C1)Nc1cccc(I)c1. The maximum absolute atomic E-state index is 11.9. The molecule has 1 amide bonds. The van der Waals surface area contributed by atoms with Crippen molar-refractivity contribution in [2.75, 3.05) is 31.6 Å². The normalized spacial score (nSPS) is 20.0. The molecule has 0 radical (unpaired) electrons. The van der Waals surface area contributed by atoms with Crippen molar-refractivity contribution in [2.24, 2.45) is 5.92 Å². The highest BCUT2D eigenvalue weighted by molar-refractivity contribution is 14.1. The second-order valence-electron chi connectivity index (χ2n) is 4.63. The maximum atomic E-state index is 11.9. The number of carbonyl (C=O) groups is 1. The highest BCUT2D eigenvalue weighted by Crippen LogP contribution is 2.16. The van der Waals surface area contributed by atoms with Crippen molar-refractivity contribution in [2.45, 2.75) is 6.42 Å². The van der Waals surface area contributed by atoms with Crippen LogP contribution in [-0.4, -0.2) is 42.2 Å². The van der Waals surface area contributed by atoms with Gasteiger partial charge in [0.2, 0.25) is 5.91 Å². The molecule has 1 saturated heterocycles. The van der Waals surface area contributed by atoms with Crippen LogP contribution < -0.4 is 5.32 Å². The van der Waals surface area contributed by atoms with Gasteiger partial charge in [-0.25, -0.2) is 0 Å². The van der Waals surface area contributed by atoms with Crippen molar-refractivity contribution in [3.63, 3.8) is 0 Å². The number of aliphatic hydroxyl groups excluding tert-OH is 1. The van der Waals surface area contributed by atoms with E-state index in [1.165, 1.54) is 0 Å². The van der Waals surface area contributed by atoms with Gasteiger partial charge in [-0.15, -0.1) is 0 Å². The molecule has 0 aromatic heterocycles. The summed E-state index contributed by atoms with van der Waals surface area (Å²) in [4.78, 5) is 13.9. The predicted molar refractivity (Wildman–Crippen MR) is 79.4 cm³/mol. The lowest BCUT2D eigenvalue weighted by Gasteiger charge is -2.15. The van der Waals surface area contributed by atoms with Crippen LogP contribution in [0.4, 0.5) is 5.69 Å². The van der Waals surface area contributed by atoms with Gasteiger partial charge in [0.1, 0.15) is 0 Å². The number of benzene rings is 1. The van der Waals surface area contributed by atoms with Crippen molar-refractivity contribution < 1.29 is 9.90 Å². The molecule has 1 fully saturated rings. The predicted octanol–water partition coefficient (Wildman–Crippen LogP) is 1.54. The molecule has 0 aliphatic carbocycles. The lowest BCUT2D eigenvalue weighted by atomic mass is 10.1. The second kappa shape index (κ2) is 6.49. The van der Waals surface area contributed by atoms with Gasteiger partial charge in [-0.05, 0) is 59.7 Å². The van der Waals surface area contributed by atoms with Crippen LogP contribution in [0.5, 0.6) is 0 Å². The lowest BCUT2D eigenvalue weighted by molar-refractivity contribution is -0.117. The van der Waals surface area contributed by atoms with Gasteiger partial charge in [0, 0.05) is 22.4 Å². The van der Waals surface area contributed by atoms with Crippen molar-refractivity contribution in [1.29, 1.82) is 0 Å². The smallest absolute Gasteiger partial charge is 0.238 e. The van der Waals surface area contributed by atoms with Gasteiger partial charge < -0.3 is 10.4 Å². The lowest BCUT2D eigenvalue weighted by Crippen LogP contribution is -2.31. The molecule has 1 aliphatic rings. The summed E-state index contributed by atoms with van der Waals surface area (Å²) < 4.78 is 1.10. The summed E-state index contributed by atoms with van der Waals surface area (Å²) in [5.74, 6) is 0.339. The minimum Gasteiger partial charge on any atom is -0.396 e. The van der Waals surface area contributed by atoms with Crippen LogP contribution in [0.2, 0.25) is 0 Å². The van der Waals surface area contributed by atoms with E-state index >= 15 is 0 Å². The summed E-state index contributed by atoms with van der Waals surface area (Å²) in [7, 11) is 0. The molecule has 1 unspecified atom stereocenters. The average Bonchev–Trinajstić information content (AvgIpc) is 2.76. The Bertz CT molecular complexity index is 425. The number of amides is 1. The topological polar surface area (TPSA) is 52.6 Å². The maximum Gasteiger partial charge on any atom is 0.238 e. The number of hydrogen-bond donors (Lipinski definition) is 2. The quantitative estimate of drug-likeness (QED) is 0.802. The summed E-state index contributed by atoms with van der Waals surface area (Å²) in [6, 6.07) is 7.75. The minimum absolute atomic E-state index is 0.00981. The van der Waals surface area contributed by atoms with E-state index in [1.807, 2.05) is 24.3 Å². The third kappa shape index (κ3) is 3.93. The average molecular weight is 360 g/mol.